The summed E-state index contributed by atoms with van der Waals surface area (Å²) < 4.78 is 0. The van der Waals surface area contributed by atoms with E-state index in [0.717, 1.165) is 31.5 Å². The molecule has 4 nitrogen and oxygen atoms in total. The fourth-order valence-corrected chi connectivity index (χ4v) is 3.80. The van der Waals surface area contributed by atoms with Crippen molar-refractivity contribution < 1.29 is 9.59 Å². The second-order valence-corrected chi connectivity index (χ2v) is 7.49. The SMILES string of the molecule is O=C(CCc1c(Cl)cccc1Cl)Nc1ccc(C(=O)N2CCCCC2)cc1. The second-order valence-electron chi connectivity index (χ2n) is 6.68. The van der Waals surface area contributed by atoms with Crippen molar-refractivity contribution in [2.24, 2.45) is 0 Å². The Morgan fingerprint density at radius 2 is 1.56 bits per heavy atom. The molecule has 1 N–H and O–H groups in total. The van der Waals surface area contributed by atoms with Gasteiger partial charge in [0.05, 0.1) is 0 Å². The van der Waals surface area contributed by atoms with E-state index in [4.69, 9.17) is 23.2 Å². The van der Waals surface area contributed by atoms with Crippen LogP contribution in [0.5, 0.6) is 0 Å². The number of amides is 2. The molecule has 0 saturated carbocycles. The molecule has 0 radical (unpaired) electrons. The fourth-order valence-electron chi connectivity index (χ4n) is 3.21. The molecule has 1 aliphatic rings. The van der Waals surface area contributed by atoms with Gasteiger partial charge in [0.15, 0.2) is 0 Å². The van der Waals surface area contributed by atoms with Gasteiger partial charge in [-0.1, -0.05) is 29.3 Å². The molecule has 0 unspecified atom stereocenters. The Morgan fingerprint density at radius 1 is 0.926 bits per heavy atom. The maximum Gasteiger partial charge on any atom is 0.253 e. The quantitative estimate of drug-likeness (QED) is 0.744. The largest absolute Gasteiger partial charge is 0.339 e. The molecule has 0 aromatic heterocycles. The Bertz CT molecular complexity index is 795. The Hall–Kier alpha value is -2.04. The first-order chi connectivity index (χ1) is 13.0. The Morgan fingerprint density at radius 3 is 2.19 bits per heavy atom. The van der Waals surface area contributed by atoms with E-state index in [0.29, 0.717) is 27.7 Å². The lowest BCUT2D eigenvalue weighted by molar-refractivity contribution is -0.116. The van der Waals surface area contributed by atoms with E-state index in [2.05, 4.69) is 5.32 Å². The van der Waals surface area contributed by atoms with Crippen LogP contribution >= 0.6 is 23.2 Å². The van der Waals surface area contributed by atoms with E-state index >= 15 is 0 Å². The summed E-state index contributed by atoms with van der Waals surface area (Å²) in [5, 5.41) is 3.98. The monoisotopic (exact) mass is 404 g/mol. The smallest absolute Gasteiger partial charge is 0.253 e. The van der Waals surface area contributed by atoms with Crippen molar-refractivity contribution in [2.45, 2.75) is 32.1 Å². The van der Waals surface area contributed by atoms with Crippen LogP contribution in [0.3, 0.4) is 0 Å². The summed E-state index contributed by atoms with van der Waals surface area (Å²) in [6, 6.07) is 12.3. The fraction of sp³-hybridized carbons (Fsp3) is 0.333. The van der Waals surface area contributed by atoms with Crippen LogP contribution in [0.25, 0.3) is 0 Å². The first kappa shape index (κ1) is 19.7. The second kappa shape index (κ2) is 9.25. The topological polar surface area (TPSA) is 49.4 Å². The number of likely N-dealkylation sites (tertiary alicyclic amines) is 1. The summed E-state index contributed by atoms with van der Waals surface area (Å²) >= 11 is 12.3. The van der Waals surface area contributed by atoms with Gasteiger partial charge in [-0.2, -0.15) is 0 Å². The molecule has 0 atom stereocenters. The van der Waals surface area contributed by atoms with Gasteiger partial charge in [0, 0.05) is 40.8 Å². The van der Waals surface area contributed by atoms with Crippen molar-refractivity contribution in [3.8, 4) is 0 Å². The number of hydrogen-bond donors (Lipinski definition) is 1. The number of nitrogens with zero attached hydrogens (tertiary/aromatic N) is 1. The van der Waals surface area contributed by atoms with Crippen LogP contribution in [0.2, 0.25) is 10.0 Å². The predicted molar refractivity (Wildman–Crippen MR) is 110 cm³/mol. The lowest BCUT2D eigenvalue weighted by atomic mass is 10.1. The number of carbonyl (C=O) groups excluding carboxylic acids is 2. The number of piperidine rings is 1. The van der Waals surface area contributed by atoms with Crippen LogP contribution in [0.4, 0.5) is 5.69 Å². The van der Waals surface area contributed by atoms with E-state index in [1.165, 1.54) is 6.42 Å². The highest BCUT2D eigenvalue weighted by Gasteiger charge is 2.18. The molecule has 2 amide bonds. The molecular weight excluding hydrogens is 383 g/mol. The lowest BCUT2D eigenvalue weighted by Gasteiger charge is -2.26. The molecule has 1 aliphatic heterocycles. The molecule has 0 spiro atoms. The highest BCUT2D eigenvalue weighted by molar-refractivity contribution is 6.36. The van der Waals surface area contributed by atoms with Crippen molar-refractivity contribution in [3.63, 3.8) is 0 Å². The molecule has 142 valence electrons. The average Bonchev–Trinajstić information content (AvgIpc) is 2.68. The van der Waals surface area contributed by atoms with E-state index in [9.17, 15) is 9.59 Å². The standard InChI is InChI=1S/C21H22Cl2N2O2/c22-18-5-4-6-19(23)17(18)11-12-20(26)24-16-9-7-15(8-10-16)21(27)25-13-2-1-3-14-25/h4-10H,1-3,11-14H2,(H,24,26). The van der Waals surface area contributed by atoms with Gasteiger partial charge in [0.2, 0.25) is 5.91 Å². The van der Waals surface area contributed by atoms with Crippen molar-refractivity contribution in [1.29, 1.82) is 0 Å². The van der Waals surface area contributed by atoms with Gasteiger partial charge in [-0.15, -0.1) is 0 Å². The molecule has 1 fully saturated rings. The zero-order chi connectivity index (χ0) is 19.2. The minimum Gasteiger partial charge on any atom is -0.339 e. The molecular formula is C21H22Cl2N2O2. The Labute approximate surface area is 169 Å². The highest BCUT2D eigenvalue weighted by atomic mass is 35.5. The molecule has 0 aliphatic carbocycles. The van der Waals surface area contributed by atoms with Crippen molar-refractivity contribution in [2.75, 3.05) is 18.4 Å². The minimum atomic E-state index is -0.124. The summed E-state index contributed by atoms with van der Waals surface area (Å²) in [5.74, 6) is -0.0676. The van der Waals surface area contributed by atoms with E-state index in [-0.39, 0.29) is 18.2 Å². The number of anilines is 1. The van der Waals surface area contributed by atoms with E-state index in [1.54, 1.807) is 42.5 Å². The molecule has 27 heavy (non-hydrogen) atoms. The first-order valence-corrected chi connectivity index (χ1v) is 9.92. The predicted octanol–water partition coefficient (Wildman–Crippen LogP) is 5.19. The van der Waals surface area contributed by atoms with Gasteiger partial charge in [-0.25, -0.2) is 0 Å². The van der Waals surface area contributed by atoms with Gasteiger partial charge in [-0.3, -0.25) is 9.59 Å². The molecule has 1 heterocycles. The number of rotatable bonds is 5. The third kappa shape index (κ3) is 5.24. The van der Waals surface area contributed by atoms with Gasteiger partial charge in [0.25, 0.3) is 5.91 Å². The van der Waals surface area contributed by atoms with Gasteiger partial charge >= 0.3 is 0 Å². The van der Waals surface area contributed by atoms with Crippen molar-refractivity contribution >= 4 is 40.7 Å². The van der Waals surface area contributed by atoms with Crippen molar-refractivity contribution in [1.82, 2.24) is 4.90 Å². The number of halogens is 2. The first-order valence-electron chi connectivity index (χ1n) is 9.16. The molecule has 1 saturated heterocycles. The highest BCUT2D eigenvalue weighted by Crippen LogP contribution is 2.25. The zero-order valence-electron chi connectivity index (χ0n) is 15.0. The molecule has 2 aromatic carbocycles. The minimum absolute atomic E-state index is 0.0564. The van der Waals surface area contributed by atoms with Crippen molar-refractivity contribution in [3.05, 3.63) is 63.6 Å². The normalized spacial score (nSPS) is 14.1. The maximum atomic E-state index is 12.5. The van der Waals surface area contributed by atoms with E-state index < -0.39 is 0 Å². The van der Waals surface area contributed by atoms with E-state index in [1.807, 2.05) is 4.90 Å². The average molecular weight is 405 g/mol. The molecule has 3 rings (SSSR count). The number of carbonyl (C=O) groups is 2. The maximum absolute atomic E-state index is 12.5. The summed E-state index contributed by atoms with van der Waals surface area (Å²) in [6.45, 7) is 1.64. The van der Waals surface area contributed by atoms with Gasteiger partial charge < -0.3 is 10.2 Å². The zero-order valence-corrected chi connectivity index (χ0v) is 16.5. The molecule has 2 aromatic rings. The number of nitrogens with one attached hydrogen (secondary N) is 1. The van der Waals surface area contributed by atoms with Crippen LogP contribution in [0.15, 0.2) is 42.5 Å². The summed E-state index contributed by atoms with van der Waals surface area (Å²) in [4.78, 5) is 26.6. The summed E-state index contributed by atoms with van der Waals surface area (Å²) in [7, 11) is 0. The van der Waals surface area contributed by atoms with Gasteiger partial charge in [0.1, 0.15) is 0 Å². The van der Waals surface area contributed by atoms with Crippen LogP contribution in [0.1, 0.15) is 41.6 Å². The van der Waals surface area contributed by atoms with Crippen LogP contribution < -0.4 is 5.32 Å². The Balaban J connectivity index is 1.54. The lowest BCUT2D eigenvalue weighted by Crippen LogP contribution is -2.35. The number of benzene rings is 2. The van der Waals surface area contributed by atoms with Crippen LogP contribution in [0, 0.1) is 0 Å². The third-order valence-electron chi connectivity index (χ3n) is 4.72. The van der Waals surface area contributed by atoms with Crippen LogP contribution in [-0.4, -0.2) is 29.8 Å². The third-order valence-corrected chi connectivity index (χ3v) is 5.43. The molecule has 0 bridgehead atoms. The van der Waals surface area contributed by atoms with Gasteiger partial charge in [-0.05, 0) is 67.6 Å². The summed E-state index contributed by atoms with van der Waals surface area (Å²) in [6.07, 6.45) is 4.06. The number of hydrogen-bond acceptors (Lipinski definition) is 2. The molecule has 6 heteroatoms. The summed E-state index contributed by atoms with van der Waals surface area (Å²) in [5.41, 5.74) is 2.09. The van der Waals surface area contributed by atoms with Crippen LogP contribution in [-0.2, 0) is 11.2 Å². The Kier molecular flexibility index (Phi) is 6.75.